The van der Waals surface area contributed by atoms with Crippen molar-refractivity contribution in [3.8, 4) is 5.75 Å². The second-order valence-corrected chi connectivity index (χ2v) is 10.2. The number of amides is 2. The molecule has 3 aromatic carbocycles. The van der Waals surface area contributed by atoms with Crippen molar-refractivity contribution in [3.05, 3.63) is 104 Å². The molecular weight excluding hydrogens is 554 g/mol. The first-order valence-electron chi connectivity index (χ1n) is 11.9. The number of hydrogen-bond donors (Lipinski definition) is 0. The number of nitrogens with zero attached hydrogens (tertiary/aromatic N) is 3. The summed E-state index contributed by atoms with van der Waals surface area (Å²) in [5, 5.41) is 11.4. The zero-order valence-corrected chi connectivity index (χ0v) is 21.6. The normalized spacial score (nSPS) is 23.2. The van der Waals surface area contributed by atoms with Gasteiger partial charge in [-0.25, -0.2) is 4.90 Å². The standard InChI is InChI=1S/C28H20BrN3O6/c1-38-21-10-9-16(13-20(21)29)26(33)25-23-22(24-19-8-3-2-5-15(19)11-12-30(24)25)27(34)31(28(23)35)17-6-4-7-18(14-17)32(36)37/h2-14,22-25H,1H3/t22-,23-,24+,25+/m0/s1. The summed E-state index contributed by atoms with van der Waals surface area (Å²) in [5.74, 6) is -2.60. The molecule has 9 nitrogen and oxygen atoms in total. The molecule has 3 heterocycles. The molecular formula is C28H20BrN3O6. The number of ether oxygens (including phenoxy) is 1. The van der Waals surface area contributed by atoms with Gasteiger partial charge in [0.15, 0.2) is 5.78 Å². The van der Waals surface area contributed by atoms with Crippen LogP contribution in [0.4, 0.5) is 11.4 Å². The van der Waals surface area contributed by atoms with Crippen molar-refractivity contribution >= 4 is 51.0 Å². The molecule has 0 aromatic heterocycles. The van der Waals surface area contributed by atoms with Crippen LogP contribution in [0.25, 0.3) is 6.08 Å². The van der Waals surface area contributed by atoms with Crippen LogP contribution in [0, 0.1) is 22.0 Å². The molecule has 0 radical (unpaired) electrons. The summed E-state index contributed by atoms with van der Waals surface area (Å²) in [4.78, 5) is 55.5. The van der Waals surface area contributed by atoms with E-state index < -0.39 is 40.7 Å². The number of Topliss-reactive ketones (excluding diaryl/α,β-unsaturated/α-hetero) is 1. The minimum absolute atomic E-state index is 0.119. The Morgan fingerprint density at radius 1 is 1.00 bits per heavy atom. The third-order valence-corrected chi connectivity index (χ3v) is 8.08. The number of anilines is 1. The predicted octanol–water partition coefficient (Wildman–Crippen LogP) is 4.76. The maximum atomic E-state index is 14.0. The fraction of sp³-hybridized carbons (Fsp3) is 0.179. The van der Waals surface area contributed by atoms with E-state index in [0.717, 1.165) is 16.0 Å². The third-order valence-electron chi connectivity index (χ3n) is 7.47. The van der Waals surface area contributed by atoms with E-state index in [2.05, 4.69) is 15.9 Å². The van der Waals surface area contributed by atoms with Crippen molar-refractivity contribution < 1.29 is 24.0 Å². The Labute approximate surface area is 225 Å². The van der Waals surface area contributed by atoms with Crippen molar-refractivity contribution in [2.45, 2.75) is 12.1 Å². The number of hydrogen-bond acceptors (Lipinski definition) is 7. The Morgan fingerprint density at radius 3 is 2.50 bits per heavy atom. The number of carbonyl (C=O) groups is 3. The fourth-order valence-electron chi connectivity index (χ4n) is 5.85. The quantitative estimate of drug-likeness (QED) is 0.187. The second-order valence-electron chi connectivity index (χ2n) is 9.34. The van der Waals surface area contributed by atoms with E-state index in [4.69, 9.17) is 4.74 Å². The van der Waals surface area contributed by atoms with Crippen LogP contribution in [0.1, 0.15) is 27.5 Å². The number of ketones is 1. The van der Waals surface area contributed by atoms with Crippen LogP contribution in [0.15, 0.2) is 77.4 Å². The average Bonchev–Trinajstić information content (AvgIpc) is 3.40. The highest BCUT2D eigenvalue weighted by atomic mass is 79.9. The number of methoxy groups -OCH3 is 1. The maximum Gasteiger partial charge on any atom is 0.271 e. The van der Waals surface area contributed by atoms with E-state index in [0.29, 0.717) is 15.8 Å². The van der Waals surface area contributed by atoms with Crippen molar-refractivity contribution in [1.29, 1.82) is 0 Å². The lowest BCUT2D eigenvalue weighted by Crippen LogP contribution is -2.44. The summed E-state index contributed by atoms with van der Waals surface area (Å²) in [5.41, 5.74) is 2.00. The van der Waals surface area contributed by atoms with Crippen LogP contribution in [-0.4, -0.2) is 40.6 Å². The second kappa shape index (κ2) is 8.91. The molecule has 0 N–H and O–H groups in total. The molecule has 10 heteroatoms. The summed E-state index contributed by atoms with van der Waals surface area (Å²) >= 11 is 3.42. The number of nitro benzene ring substituents is 1. The van der Waals surface area contributed by atoms with Crippen LogP contribution in [0.5, 0.6) is 5.75 Å². The van der Waals surface area contributed by atoms with Gasteiger partial charge in [0.05, 0.1) is 40.1 Å². The predicted molar refractivity (Wildman–Crippen MR) is 141 cm³/mol. The van der Waals surface area contributed by atoms with Gasteiger partial charge in [-0.3, -0.25) is 24.5 Å². The number of rotatable bonds is 5. The molecule has 2 amide bonds. The van der Waals surface area contributed by atoms with Gasteiger partial charge in [0.2, 0.25) is 11.8 Å². The van der Waals surface area contributed by atoms with Crippen molar-refractivity contribution in [3.63, 3.8) is 0 Å². The topological polar surface area (TPSA) is 110 Å². The maximum absolute atomic E-state index is 14.0. The number of fused-ring (bicyclic) bond motifs is 5. The minimum Gasteiger partial charge on any atom is -0.496 e. The Bertz CT molecular complexity index is 1570. The summed E-state index contributed by atoms with van der Waals surface area (Å²) < 4.78 is 5.87. The third kappa shape index (κ3) is 3.47. The minimum atomic E-state index is -0.976. The zero-order valence-electron chi connectivity index (χ0n) is 20.0. The van der Waals surface area contributed by atoms with Gasteiger partial charge in [-0.15, -0.1) is 0 Å². The summed E-state index contributed by atoms with van der Waals surface area (Å²) in [6.07, 6.45) is 3.66. The molecule has 0 spiro atoms. The number of carbonyl (C=O) groups excluding carboxylic acids is 3. The molecule has 3 aliphatic heterocycles. The molecule has 38 heavy (non-hydrogen) atoms. The lowest BCUT2D eigenvalue weighted by Gasteiger charge is -2.35. The first kappa shape index (κ1) is 24.1. The van der Waals surface area contributed by atoms with Gasteiger partial charge in [0.1, 0.15) is 11.8 Å². The Kier molecular flexibility index (Phi) is 5.64. The van der Waals surface area contributed by atoms with Gasteiger partial charge in [-0.1, -0.05) is 30.3 Å². The van der Waals surface area contributed by atoms with Gasteiger partial charge < -0.3 is 9.64 Å². The highest BCUT2D eigenvalue weighted by Crippen LogP contribution is 2.54. The van der Waals surface area contributed by atoms with E-state index in [-0.39, 0.29) is 17.2 Å². The van der Waals surface area contributed by atoms with Gasteiger partial charge in [0.25, 0.3) is 5.69 Å². The van der Waals surface area contributed by atoms with E-state index in [9.17, 15) is 24.5 Å². The Hall–Kier alpha value is -4.31. The summed E-state index contributed by atoms with van der Waals surface area (Å²) in [6.45, 7) is 0. The van der Waals surface area contributed by atoms with Crippen molar-refractivity contribution in [2.75, 3.05) is 12.0 Å². The zero-order chi connectivity index (χ0) is 26.7. The molecule has 6 rings (SSSR count). The molecule has 3 aliphatic rings. The number of halogens is 1. The van der Waals surface area contributed by atoms with E-state index in [1.807, 2.05) is 35.2 Å². The van der Waals surface area contributed by atoms with Gasteiger partial charge in [-0.2, -0.15) is 0 Å². The molecule has 0 saturated carbocycles. The number of benzene rings is 3. The molecule has 3 aromatic rings. The number of imide groups is 1. The number of non-ortho nitro benzene ring substituents is 1. The van der Waals surface area contributed by atoms with Crippen LogP contribution in [-0.2, 0) is 9.59 Å². The highest BCUT2D eigenvalue weighted by molar-refractivity contribution is 9.10. The van der Waals surface area contributed by atoms with Gasteiger partial charge in [0, 0.05) is 23.9 Å². The van der Waals surface area contributed by atoms with Crippen LogP contribution < -0.4 is 9.64 Å². The van der Waals surface area contributed by atoms with Crippen molar-refractivity contribution in [1.82, 2.24) is 4.90 Å². The van der Waals surface area contributed by atoms with E-state index in [1.165, 1.54) is 31.4 Å². The lowest BCUT2D eigenvalue weighted by atomic mass is 9.83. The Morgan fingerprint density at radius 2 is 1.76 bits per heavy atom. The average molecular weight is 574 g/mol. The smallest absolute Gasteiger partial charge is 0.271 e. The van der Waals surface area contributed by atoms with Crippen LogP contribution in [0.3, 0.4) is 0 Å². The SMILES string of the molecule is COc1ccc(C(=O)[C@H]2[C@H]3C(=O)N(c4cccc([N+](=O)[O-])c4)C(=O)[C@@H]3[C@H]3c4ccccc4C=CN32)cc1Br. The summed E-state index contributed by atoms with van der Waals surface area (Å²) in [7, 11) is 1.52. The van der Waals surface area contributed by atoms with Crippen molar-refractivity contribution in [2.24, 2.45) is 11.8 Å². The molecule has 2 saturated heterocycles. The molecule has 4 atom stereocenters. The molecule has 0 unspecified atom stereocenters. The molecule has 2 fully saturated rings. The monoisotopic (exact) mass is 573 g/mol. The first-order valence-corrected chi connectivity index (χ1v) is 12.7. The first-order chi connectivity index (χ1) is 18.3. The Balaban J connectivity index is 1.48. The van der Waals surface area contributed by atoms with Gasteiger partial charge in [-0.05, 0) is 57.4 Å². The van der Waals surface area contributed by atoms with Gasteiger partial charge >= 0.3 is 0 Å². The van der Waals surface area contributed by atoms with E-state index >= 15 is 0 Å². The number of nitro groups is 1. The van der Waals surface area contributed by atoms with Crippen LogP contribution >= 0.6 is 15.9 Å². The molecule has 190 valence electrons. The van der Waals surface area contributed by atoms with Crippen LogP contribution in [0.2, 0.25) is 0 Å². The fourth-order valence-corrected chi connectivity index (χ4v) is 6.39. The highest BCUT2D eigenvalue weighted by Gasteiger charge is 2.64. The summed E-state index contributed by atoms with van der Waals surface area (Å²) in [6, 6.07) is 16.5. The molecule has 0 bridgehead atoms. The lowest BCUT2D eigenvalue weighted by molar-refractivity contribution is -0.384. The molecule has 0 aliphatic carbocycles. The van der Waals surface area contributed by atoms with E-state index in [1.54, 1.807) is 24.4 Å². The largest absolute Gasteiger partial charge is 0.496 e.